The van der Waals surface area contributed by atoms with Crippen molar-refractivity contribution in [3.05, 3.63) is 35.9 Å². The van der Waals surface area contributed by atoms with Crippen LogP contribution in [0.1, 0.15) is 18.4 Å². The molecule has 1 aliphatic heterocycles. The number of hydrogen-bond acceptors (Lipinski definition) is 4. The van der Waals surface area contributed by atoms with Crippen molar-refractivity contribution in [2.75, 3.05) is 13.1 Å². The summed E-state index contributed by atoms with van der Waals surface area (Å²) >= 11 is 0. The number of carbonyl (C=O) groups is 1. The minimum absolute atomic E-state index is 0.0752. The zero-order valence-electron chi connectivity index (χ0n) is 9.84. The molecule has 0 amide bonds. The third kappa shape index (κ3) is 6.71. The van der Waals surface area contributed by atoms with Gasteiger partial charge in [-0.05, 0) is 24.9 Å². The van der Waals surface area contributed by atoms with Crippen molar-refractivity contribution in [2.24, 2.45) is 0 Å². The van der Waals surface area contributed by atoms with Gasteiger partial charge >= 0.3 is 0 Å². The van der Waals surface area contributed by atoms with E-state index in [1.54, 1.807) is 0 Å². The van der Waals surface area contributed by atoms with E-state index in [1.165, 1.54) is 0 Å². The number of carbonyl (C=O) groups excluding carboxylic acids is 1. The van der Waals surface area contributed by atoms with E-state index in [9.17, 15) is 4.79 Å². The van der Waals surface area contributed by atoms with Gasteiger partial charge in [0.25, 0.3) is 6.47 Å². The second kappa shape index (κ2) is 8.73. The van der Waals surface area contributed by atoms with Gasteiger partial charge in [0, 0.05) is 6.54 Å². The van der Waals surface area contributed by atoms with E-state index >= 15 is 0 Å². The zero-order chi connectivity index (χ0) is 12.3. The van der Waals surface area contributed by atoms with Crippen LogP contribution in [0.15, 0.2) is 30.3 Å². The van der Waals surface area contributed by atoms with Crippen molar-refractivity contribution in [2.45, 2.75) is 25.6 Å². The summed E-state index contributed by atoms with van der Waals surface area (Å²) in [5.41, 5.74) is 1.01. The largest absolute Gasteiger partial charge is 0.463 e. The van der Waals surface area contributed by atoms with Gasteiger partial charge in [-0.25, -0.2) is 0 Å². The number of aliphatic hydroxyl groups is 1. The molecular weight excluding hydrogens is 218 g/mol. The standard InChI is InChI=1S/C8H8O2.C5H11NO/c9-7-10-6-8-4-2-1-3-5-8;7-5-2-1-3-6-4-5/h1-5,7H,6H2;5-7H,1-4H2. The number of hydrogen-bond donors (Lipinski definition) is 2. The van der Waals surface area contributed by atoms with Crippen LogP contribution in [0.3, 0.4) is 0 Å². The third-order valence-corrected chi connectivity index (χ3v) is 2.43. The van der Waals surface area contributed by atoms with Gasteiger partial charge in [-0.1, -0.05) is 30.3 Å². The first-order chi connectivity index (χ1) is 8.33. The molecule has 0 spiro atoms. The molecule has 1 unspecified atom stereocenters. The monoisotopic (exact) mass is 237 g/mol. The summed E-state index contributed by atoms with van der Waals surface area (Å²) in [6.45, 7) is 2.69. The third-order valence-electron chi connectivity index (χ3n) is 2.43. The summed E-state index contributed by atoms with van der Waals surface area (Å²) in [5, 5.41) is 11.9. The first-order valence-corrected chi connectivity index (χ1v) is 5.81. The van der Waals surface area contributed by atoms with Gasteiger partial charge in [0.15, 0.2) is 0 Å². The smallest absolute Gasteiger partial charge is 0.293 e. The summed E-state index contributed by atoms with van der Waals surface area (Å²) in [6.07, 6.45) is 2.03. The Hall–Kier alpha value is -1.39. The SMILES string of the molecule is O=COCc1ccccc1.OC1CCCNC1. The quantitative estimate of drug-likeness (QED) is 0.773. The van der Waals surface area contributed by atoms with Crippen molar-refractivity contribution in [3.63, 3.8) is 0 Å². The van der Waals surface area contributed by atoms with E-state index in [1.807, 2.05) is 30.3 Å². The summed E-state index contributed by atoms with van der Waals surface area (Å²) in [6, 6.07) is 9.55. The summed E-state index contributed by atoms with van der Waals surface area (Å²) in [7, 11) is 0. The number of rotatable bonds is 3. The maximum atomic E-state index is 9.76. The topological polar surface area (TPSA) is 58.6 Å². The van der Waals surface area contributed by atoms with Gasteiger partial charge in [-0.2, -0.15) is 0 Å². The van der Waals surface area contributed by atoms with Gasteiger partial charge in [0.2, 0.25) is 0 Å². The average molecular weight is 237 g/mol. The van der Waals surface area contributed by atoms with E-state index in [2.05, 4.69) is 10.1 Å². The van der Waals surface area contributed by atoms with Crippen molar-refractivity contribution in [1.82, 2.24) is 5.32 Å². The molecule has 4 heteroatoms. The van der Waals surface area contributed by atoms with Crippen LogP contribution in [-0.2, 0) is 16.1 Å². The Morgan fingerprint density at radius 3 is 2.65 bits per heavy atom. The number of ether oxygens (including phenoxy) is 1. The fraction of sp³-hybridized carbons (Fsp3) is 0.462. The Balaban J connectivity index is 0.000000181. The highest BCUT2D eigenvalue weighted by Gasteiger charge is 2.06. The number of nitrogens with one attached hydrogen (secondary N) is 1. The molecule has 0 aliphatic carbocycles. The first kappa shape index (κ1) is 13.7. The number of β-amino-alcohol motifs (C(OH)–C–C–N with tert-alkyl or cyclic N) is 1. The molecular formula is C13H19NO3. The van der Waals surface area contributed by atoms with E-state index in [0.717, 1.165) is 31.5 Å². The molecule has 1 atom stereocenters. The van der Waals surface area contributed by atoms with Gasteiger partial charge in [-0.15, -0.1) is 0 Å². The molecule has 17 heavy (non-hydrogen) atoms. The molecule has 2 rings (SSSR count). The first-order valence-electron chi connectivity index (χ1n) is 5.81. The molecule has 1 aliphatic rings. The predicted octanol–water partition coefficient (Wildman–Crippen LogP) is 1.09. The lowest BCUT2D eigenvalue weighted by Crippen LogP contribution is -2.33. The lowest BCUT2D eigenvalue weighted by molar-refractivity contribution is -0.129. The van der Waals surface area contributed by atoms with E-state index in [4.69, 9.17) is 5.11 Å². The van der Waals surface area contributed by atoms with Gasteiger partial charge in [0.05, 0.1) is 6.10 Å². The molecule has 1 saturated heterocycles. The fourth-order valence-electron chi connectivity index (χ4n) is 1.54. The van der Waals surface area contributed by atoms with Crippen LogP contribution in [0.5, 0.6) is 0 Å². The number of piperidine rings is 1. The van der Waals surface area contributed by atoms with Crippen LogP contribution in [0.2, 0.25) is 0 Å². The molecule has 4 nitrogen and oxygen atoms in total. The Bertz CT molecular complexity index is 297. The van der Waals surface area contributed by atoms with E-state index < -0.39 is 0 Å². The Morgan fingerprint density at radius 1 is 1.41 bits per heavy atom. The number of benzene rings is 1. The molecule has 1 aromatic rings. The lowest BCUT2D eigenvalue weighted by Gasteiger charge is -2.16. The molecule has 1 heterocycles. The molecule has 0 bridgehead atoms. The summed E-state index contributed by atoms with van der Waals surface area (Å²) < 4.78 is 4.54. The minimum Gasteiger partial charge on any atom is -0.463 e. The van der Waals surface area contributed by atoms with Crippen LogP contribution in [0, 0.1) is 0 Å². The van der Waals surface area contributed by atoms with Gasteiger partial charge < -0.3 is 15.2 Å². The van der Waals surface area contributed by atoms with Gasteiger partial charge in [-0.3, -0.25) is 4.79 Å². The fourth-order valence-corrected chi connectivity index (χ4v) is 1.54. The van der Waals surface area contributed by atoms with E-state index in [-0.39, 0.29) is 6.10 Å². The van der Waals surface area contributed by atoms with Crippen LogP contribution in [0.4, 0.5) is 0 Å². The molecule has 1 aromatic carbocycles. The van der Waals surface area contributed by atoms with Crippen molar-refractivity contribution in [3.8, 4) is 0 Å². The average Bonchev–Trinajstić information content (AvgIpc) is 2.39. The highest BCUT2D eigenvalue weighted by molar-refractivity contribution is 5.37. The maximum Gasteiger partial charge on any atom is 0.293 e. The van der Waals surface area contributed by atoms with E-state index in [0.29, 0.717) is 13.1 Å². The minimum atomic E-state index is -0.0752. The van der Waals surface area contributed by atoms with Crippen LogP contribution in [-0.4, -0.2) is 30.8 Å². The second-order valence-electron chi connectivity index (χ2n) is 3.89. The molecule has 94 valence electrons. The molecule has 2 N–H and O–H groups in total. The van der Waals surface area contributed by atoms with Crippen LogP contribution in [0.25, 0.3) is 0 Å². The van der Waals surface area contributed by atoms with Crippen molar-refractivity contribution >= 4 is 6.47 Å². The van der Waals surface area contributed by atoms with Crippen LogP contribution >= 0.6 is 0 Å². The predicted molar refractivity (Wildman–Crippen MR) is 65.4 cm³/mol. The number of aliphatic hydroxyl groups excluding tert-OH is 1. The highest BCUT2D eigenvalue weighted by Crippen LogP contribution is 1.99. The van der Waals surface area contributed by atoms with Crippen molar-refractivity contribution < 1.29 is 14.6 Å². The van der Waals surface area contributed by atoms with Crippen molar-refractivity contribution in [1.29, 1.82) is 0 Å². The normalized spacial score (nSPS) is 18.8. The molecule has 0 aromatic heterocycles. The molecule has 0 radical (unpaired) electrons. The maximum absolute atomic E-state index is 9.76. The highest BCUT2D eigenvalue weighted by atomic mass is 16.5. The zero-order valence-corrected chi connectivity index (χ0v) is 9.84. The summed E-state index contributed by atoms with van der Waals surface area (Å²) in [5.74, 6) is 0. The Kier molecular flexibility index (Phi) is 7.02. The second-order valence-corrected chi connectivity index (χ2v) is 3.89. The van der Waals surface area contributed by atoms with Gasteiger partial charge in [0.1, 0.15) is 6.61 Å². The Morgan fingerprint density at radius 2 is 2.18 bits per heavy atom. The summed E-state index contributed by atoms with van der Waals surface area (Å²) in [4.78, 5) is 9.76. The Labute approximate surface area is 102 Å². The molecule has 1 fully saturated rings. The lowest BCUT2D eigenvalue weighted by atomic mass is 10.1. The van der Waals surface area contributed by atoms with Crippen LogP contribution < -0.4 is 5.32 Å². The molecule has 0 saturated carbocycles.